The van der Waals surface area contributed by atoms with Crippen molar-refractivity contribution in [2.45, 2.75) is 39.0 Å². The van der Waals surface area contributed by atoms with Crippen molar-refractivity contribution in [3.05, 3.63) is 53.9 Å². The van der Waals surface area contributed by atoms with E-state index in [0.29, 0.717) is 19.1 Å². The lowest BCUT2D eigenvalue weighted by Crippen LogP contribution is -2.59. The van der Waals surface area contributed by atoms with E-state index in [2.05, 4.69) is 48.3 Å². The molecule has 25 heavy (non-hydrogen) atoms. The Bertz CT molecular complexity index is 700. The molecule has 1 N–H and O–H groups in total. The summed E-state index contributed by atoms with van der Waals surface area (Å²) in [6.07, 6.45) is 3.73. The van der Waals surface area contributed by atoms with Crippen molar-refractivity contribution < 1.29 is 4.79 Å². The molecule has 0 radical (unpaired) electrons. The van der Waals surface area contributed by atoms with Crippen molar-refractivity contribution in [1.82, 2.24) is 24.9 Å². The quantitative estimate of drug-likeness (QED) is 0.927. The SMILES string of the molecule is CC1C(C)N(C(=O)NCc2ccccc2Cn2cccn2)CCN1C. The third-order valence-corrected chi connectivity index (χ3v) is 5.28. The number of benzene rings is 1. The van der Waals surface area contributed by atoms with E-state index in [1.54, 1.807) is 6.20 Å². The zero-order chi connectivity index (χ0) is 17.8. The van der Waals surface area contributed by atoms with Gasteiger partial charge in [0, 0.05) is 44.1 Å². The number of hydrogen-bond acceptors (Lipinski definition) is 3. The van der Waals surface area contributed by atoms with Gasteiger partial charge in [0.1, 0.15) is 0 Å². The topological polar surface area (TPSA) is 53.4 Å². The van der Waals surface area contributed by atoms with Gasteiger partial charge in [-0.1, -0.05) is 24.3 Å². The highest BCUT2D eigenvalue weighted by Crippen LogP contribution is 2.16. The lowest BCUT2D eigenvalue weighted by atomic mass is 10.1. The molecule has 1 aliphatic rings. The maximum absolute atomic E-state index is 12.6. The molecule has 134 valence electrons. The molecular weight excluding hydrogens is 314 g/mol. The number of hydrogen-bond donors (Lipinski definition) is 1. The van der Waals surface area contributed by atoms with Crippen LogP contribution in [0, 0.1) is 0 Å². The summed E-state index contributed by atoms with van der Waals surface area (Å²) in [7, 11) is 2.11. The number of carbonyl (C=O) groups is 1. The second kappa shape index (κ2) is 7.70. The first-order valence-electron chi connectivity index (χ1n) is 8.85. The largest absolute Gasteiger partial charge is 0.334 e. The molecule has 1 aliphatic heterocycles. The van der Waals surface area contributed by atoms with Crippen LogP contribution in [-0.4, -0.2) is 57.8 Å². The minimum absolute atomic E-state index is 0.0151. The minimum Gasteiger partial charge on any atom is -0.334 e. The molecule has 3 rings (SSSR count). The second-order valence-corrected chi connectivity index (χ2v) is 6.79. The van der Waals surface area contributed by atoms with E-state index < -0.39 is 0 Å². The number of aromatic nitrogens is 2. The van der Waals surface area contributed by atoms with Crippen molar-refractivity contribution in [2.24, 2.45) is 0 Å². The van der Waals surface area contributed by atoms with Gasteiger partial charge in [-0.05, 0) is 38.1 Å². The number of likely N-dealkylation sites (N-methyl/N-ethyl adjacent to an activating group) is 1. The van der Waals surface area contributed by atoms with Crippen LogP contribution in [0.5, 0.6) is 0 Å². The van der Waals surface area contributed by atoms with Crippen LogP contribution in [0.25, 0.3) is 0 Å². The van der Waals surface area contributed by atoms with Crippen LogP contribution in [0.3, 0.4) is 0 Å². The Morgan fingerprint density at radius 3 is 2.64 bits per heavy atom. The molecule has 2 heterocycles. The van der Waals surface area contributed by atoms with Crippen molar-refractivity contribution in [3.8, 4) is 0 Å². The van der Waals surface area contributed by atoms with Crippen LogP contribution >= 0.6 is 0 Å². The molecule has 2 unspecified atom stereocenters. The van der Waals surface area contributed by atoms with Gasteiger partial charge in [0.25, 0.3) is 0 Å². The molecule has 2 atom stereocenters. The molecular formula is C19H27N5O. The molecule has 2 aromatic rings. The van der Waals surface area contributed by atoms with Crippen molar-refractivity contribution in [3.63, 3.8) is 0 Å². The Kier molecular flexibility index (Phi) is 5.38. The molecule has 0 aliphatic carbocycles. The van der Waals surface area contributed by atoms with Crippen molar-refractivity contribution in [1.29, 1.82) is 0 Å². The Hall–Kier alpha value is -2.34. The number of nitrogens with one attached hydrogen (secondary N) is 1. The molecule has 0 bridgehead atoms. The van der Waals surface area contributed by atoms with Crippen molar-refractivity contribution >= 4 is 6.03 Å². The fraction of sp³-hybridized carbons (Fsp3) is 0.474. The first kappa shape index (κ1) is 17.5. The Morgan fingerprint density at radius 2 is 1.92 bits per heavy atom. The summed E-state index contributed by atoms with van der Waals surface area (Å²) in [6.45, 7) is 7.21. The summed E-state index contributed by atoms with van der Waals surface area (Å²) >= 11 is 0. The zero-order valence-electron chi connectivity index (χ0n) is 15.2. The fourth-order valence-corrected chi connectivity index (χ4v) is 3.31. The van der Waals surface area contributed by atoms with Gasteiger partial charge in [-0.3, -0.25) is 9.58 Å². The number of piperazine rings is 1. The predicted molar refractivity (Wildman–Crippen MR) is 98.3 cm³/mol. The van der Waals surface area contributed by atoms with Gasteiger partial charge in [0.15, 0.2) is 0 Å². The smallest absolute Gasteiger partial charge is 0.318 e. The average molecular weight is 341 g/mol. The van der Waals surface area contributed by atoms with Gasteiger partial charge in [0.2, 0.25) is 0 Å². The predicted octanol–water partition coefficient (Wildman–Crippen LogP) is 2.17. The van der Waals surface area contributed by atoms with Crippen LogP contribution in [0.15, 0.2) is 42.7 Å². The van der Waals surface area contributed by atoms with Gasteiger partial charge in [-0.2, -0.15) is 5.10 Å². The highest BCUT2D eigenvalue weighted by atomic mass is 16.2. The number of carbonyl (C=O) groups excluding carboxylic acids is 1. The Morgan fingerprint density at radius 1 is 1.16 bits per heavy atom. The van der Waals surface area contributed by atoms with Crippen LogP contribution in [0.2, 0.25) is 0 Å². The summed E-state index contributed by atoms with van der Waals surface area (Å²) < 4.78 is 1.89. The summed E-state index contributed by atoms with van der Waals surface area (Å²) in [5.74, 6) is 0. The third-order valence-electron chi connectivity index (χ3n) is 5.28. The molecule has 1 aromatic carbocycles. The van der Waals surface area contributed by atoms with E-state index >= 15 is 0 Å². The Balaban J connectivity index is 1.63. The van der Waals surface area contributed by atoms with Crippen LogP contribution in [0.4, 0.5) is 4.79 Å². The fourth-order valence-electron chi connectivity index (χ4n) is 3.31. The number of amides is 2. The van der Waals surface area contributed by atoms with E-state index in [0.717, 1.165) is 18.7 Å². The molecule has 1 saturated heterocycles. The highest BCUT2D eigenvalue weighted by Gasteiger charge is 2.31. The normalized spacial score (nSPS) is 21.3. The van der Waals surface area contributed by atoms with Gasteiger partial charge < -0.3 is 10.2 Å². The van der Waals surface area contributed by atoms with Gasteiger partial charge in [-0.15, -0.1) is 0 Å². The summed E-state index contributed by atoms with van der Waals surface area (Å²) in [6, 6.07) is 10.7. The molecule has 0 saturated carbocycles. The lowest BCUT2D eigenvalue weighted by Gasteiger charge is -2.43. The van der Waals surface area contributed by atoms with Crippen LogP contribution < -0.4 is 5.32 Å². The van der Waals surface area contributed by atoms with E-state index in [-0.39, 0.29) is 12.1 Å². The van der Waals surface area contributed by atoms with E-state index in [1.807, 2.05) is 34.0 Å². The van der Waals surface area contributed by atoms with E-state index in [1.165, 1.54) is 5.56 Å². The molecule has 6 heteroatoms. The van der Waals surface area contributed by atoms with Crippen LogP contribution in [-0.2, 0) is 13.1 Å². The second-order valence-electron chi connectivity index (χ2n) is 6.79. The monoisotopic (exact) mass is 341 g/mol. The number of urea groups is 1. The summed E-state index contributed by atoms with van der Waals surface area (Å²) in [5.41, 5.74) is 2.30. The van der Waals surface area contributed by atoms with Gasteiger partial charge in [-0.25, -0.2) is 4.79 Å². The molecule has 6 nitrogen and oxygen atoms in total. The standard InChI is InChI=1S/C19H27N5O/c1-15-16(2)24(12-11-22(15)3)19(25)20-13-17-7-4-5-8-18(17)14-23-10-6-9-21-23/h4-10,15-16H,11-14H2,1-3H3,(H,20,25). The summed E-state index contributed by atoms with van der Waals surface area (Å²) in [5, 5.41) is 7.36. The number of rotatable bonds is 4. The van der Waals surface area contributed by atoms with Gasteiger partial charge >= 0.3 is 6.03 Å². The Labute approximate surface area is 149 Å². The molecule has 1 fully saturated rings. The van der Waals surface area contributed by atoms with Crippen molar-refractivity contribution in [2.75, 3.05) is 20.1 Å². The van der Waals surface area contributed by atoms with E-state index in [9.17, 15) is 4.79 Å². The maximum Gasteiger partial charge on any atom is 0.318 e. The molecule has 0 spiro atoms. The summed E-state index contributed by atoms with van der Waals surface area (Å²) in [4.78, 5) is 16.9. The zero-order valence-corrected chi connectivity index (χ0v) is 15.2. The van der Waals surface area contributed by atoms with Crippen LogP contribution in [0.1, 0.15) is 25.0 Å². The molecule has 1 aromatic heterocycles. The first-order chi connectivity index (χ1) is 12.1. The third kappa shape index (κ3) is 4.02. The van der Waals surface area contributed by atoms with Gasteiger partial charge in [0.05, 0.1) is 6.54 Å². The lowest BCUT2D eigenvalue weighted by molar-refractivity contribution is 0.0739. The molecule has 2 amide bonds. The minimum atomic E-state index is 0.0151. The highest BCUT2D eigenvalue weighted by molar-refractivity contribution is 5.74. The maximum atomic E-state index is 12.6. The average Bonchev–Trinajstić information content (AvgIpc) is 3.12. The number of nitrogens with zero attached hydrogens (tertiary/aromatic N) is 4. The van der Waals surface area contributed by atoms with E-state index in [4.69, 9.17) is 0 Å². The first-order valence-corrected chi connectivity index (χ1v) is 8.85.